The van der Waals surface area contributed by atoms with Crippen molar-refractivity contribution in [3.05, 3.63) is 66.7 Å². The summed E-state index contributed by atoms with van der Waals surface area (Å²) in [6.07, 6.45) is 4.15. The van der Waals surface area contributed by atoms with Crippen LogP contribution in [-0.4, -0.2) is 21.2 Å². The predicted molar refractivity (Wildman–Crippen MR) is 92.0 cm³/mol. The molecule has 2 heterocycles. The standard InChI is InChI=1S/C19H15N3O3/c23-18(10-7-14-11-20-17-4-2-1-3-16(14)17)25-15-8-5-13(6-9-15)19-22-21-12-24-19/h1-6,8-9,11-12,20H,7,10H2. The van der Waals surface area contributed by atoms with Crippen LogP contribution in [0.3, 0.4) is 0 Å². The number of esters is 1. The maximum atomic E-state index is 12.1. The Morgan fingerprint density at radius 1 is 1.12 bits per heavy atom. The lowest BCUT2D eigenvalue weighted by atomic mass is 10.1. The maximum absolute atomic E-state index is 12.1. The van der Waals surface area contributed by atoms with Crippen LogP contribution in [0.5, 0.6) is 5.75 Å². The van der Waals surface area contributed by atoms with Crippen LogP contribution in [0.25, 0.3) is 22.4 Å². The van der Waals surface area contributed by atoms with Crippen molar-refractivity contribution in [1.82, 2.24) is 15.2 Å². The Bertz CT molecular complexity index is 988. The maximum Gasteiger partial charge on any atom is 0.311 e. The highest BCUT2D eigenvalue weighted by atomic mass is 16.5. The number of fused-ring (bicyclic) bond motifs is 1. The lowest BCUT2D eigenvalue weighted by molar-refractivity contribution is -0.134. The molecule has 0 saturated carbocycles. The number of aryl methyl sites for hydroxylation is 1. The monoisotopic (exact) mass is 333 g/mol. The van der Waals surface area contributed by atoms with E-state index in [9.17, 15) is 4.79 Å². The van der Waals surface area contributed by atoms with Crippen LogP contribution in [-0.2, 0) is 11.2 Å². The van der Waals surface area contributed by atoms with Gasteiger partial charge in [0.2, 0.25) is 12.3 Å². The van der Waals surface area contributed by atoms with Gasteiger partial charge in [-0.25, -0.2) is 0 Å². The SMILES string of the molecule is O=C(CCc1c[nH]c2ccccc12)Oc1ccc(-c2nnco2)cc1. The second-order valence-electron chi connectivity index (χ2n) is 5.60. The van der Waals surface area contributed by atoms with Crippen molar-refractivity contribution in [2.45, 2.75) is 12.8 Å². The number of H-pyrrole nitrogens is 1. The Hall–Kier alpha value is -3.41. The molecular weight excluding hydrogens is 318 g/mol. The number of nitrogens with one attached hydrogen (secondary N) is 1. The average molecular weight is 333 g/mol. The highest BCUT2D eigenvalue weighted by molar-refractivity contribution is 5.83. The molecule has 4 rings (SSSR count). The summed E-state index contributed by atoms with van der Waals surface area (Å²) < 4.78 is 10.5. The summed E-state index contributed by atoms with van der Waals surface area (Å²) in [7, 11) is 0. The van der Waals surface area contributed by atoms with Gasteiger partial charge in [0.25, 0.3) is 0 Å². The minimum atomic E-state index is -0.268. The molecule has 0 amide bonds. The predicted octanol–water partition coefficient (Wildman–Crippen LogP) is 3.76. The molecule has 1 N–H and O–H groups in total. The molecule has 6 heteroatoms. The molecule has 0 aliphatic rings. The van der Waals surface area contributed by atoms with Crippen molar-refractivity contribution < 1.29 is 13.9 Å². The number of aromatic amines is 1. The highest BCUT2D eigenvalue weighted by Crippen LogP contribution is 2.22. The van der Waals surface area contributed by atoms with E-state index in [4.69, 9.17) is 9.15 Å². The van der Waals surface area contributed by atoms with E-state index in [0.717, 1.165) is 22.0 Å². The van der Waals surface area contributed by atoms with Crippen LogP contribution in [0.4, 0.5) is 0 Å². The molecule has 0 unspecified atom stereocenters. The Morgan fingerprint density at radius 3 is 2.76 bits per heavy atom. The van der Waals surface area contributed by atoms with Crippen LogP contribution < -0.4 is 4.74 Å². The van der Waals surface area contributed by atoms with E-state index >= 15 is 0 Å². The molecule has 0 radical (unpaired) electrons. The van der Waals surface area contributed by atoms with Gasteiger partial charge in [0.05, 0.1) is 6.42 Å². The third kappa shape index (κ3) is 3.28. The molecule has 0 aliphatic carbocycles. The molecule has 2 aromatic carbocycles. The summed E-state index contributed by atoms with van der Waals surface area (Å²) in [6, 6.07) is 15.0. The number of rotatable bonds is 5. The smallest absolute Gasteiger partial charge is 0.311 e. The van der Waals surface area contributed by atoms with Gasteiger partial charge < -0.3 is 14.1 Å². The van der Waals surface area contributed by atoms with E-state index in [0.29, 0.717) is 24.5 Å². The van der Waals surface area contributed by atoms with Crippen molar-refractivity contribution in [3.63, 3.8) is 0 Å². The van der Waals surface area contributed by atoms with Crippen molar-refractivity contribution >= 4 is 16.9 Å². The molecule has 0 atom stereocenters. The lowest BCUT2D eigenvalue weighted by Gasteiger charge is -2.04. The number of carbonyl (C=O) groups is 1. The molecule has 4 aromatic rings. The van der Waals surface area contributed by atoms with Gasteiger partial charge in [-0.3, -0.25) is 4.79 Å². The summed E-state index contributed by atoms with van der Waals surface area (Å²) in [4.78, 5) is 15.3. The van der Waals surface area contributed by atoms with Crippen LogP contribution in [0.1, 0.15) is 12.0 Å². The topological polar surface area (TPSA) is 81.0 Å². The third-order valence-electron chi connectivity index (χ3n) is 3.97. The summed E-state index contributed by atoms with van der Waals surface area (Å²) in [5, 5.41) is 8.61. The van der Waals surface area contributed by atoms with E-state index in [1.165, 1.54) is 6.39 Å². The highest BCUT2D eigenvalue weighted by Gasteiger charge is 2.09. The molecule has 0 spiro atoms. The number of nitrogens with zero attached hydrogens (tertiary/aromatic N) is 2. The Kier molecular flexibility index (Phi) is 4.00. The quantitative estimate of drug-likeness (QED) is 0.444. The van der Waals surface area contributed by atoms with Gasteiger partial charge in [0.1, 0.15) is 5.75 Å². The van der Waals surface area contributed by atoms with E-state index in [1.807, 2.05) is 30.5 Å². The van der Waals surface area contributed by atoms with E-state index in [2.05, 4.69) is 15.2 Å². The fraction of sp³-hybridized carbons (Fsp3) is 0.105. The van der Waals surface area contributed by atoms with Crippen LogP contribution in [0.15, 0.2) is 65.5 Å². The van der Waals surface area contributed by atoms with E-state index in [-0.39, 0.29) is 5.97 Å². The Morgan fingerprint density at radius 2 is 1.96 bits per heavy atom. The van der Waals surface area contributed by atoms with Gasteiger partial charge in [-0.05, 0) is 42.3 Å². The molecule has 2 aromatic heterocycles. The van der Waals surface area contributed by atoms with E-state index < -0.39 is 0 Å². The lowest BCUT2D eigenvalue weighted by Crippen LogP contribution is -2.08. The zero-order chi connectivity index (χ0) is 17.1. The fourth-order valence-electron chi connectivity index (χ4n) is 2.72. The molecule has 25 heavy (non-hydrogen) atoms. The summed E-state index contributed by atoms with van der Waals surface area (Å²) in [5.74, 6) is 0.653. The Balaban J connectivity index is 1.37. The summed E-state index contributed by atoms with van der Waals surface area (Å²) >= 11 is 0. The molecule has 0 aliphatic heterocycles. The molecule has 0 saturated heterocycles. The minimum absolute atomic E-state index is 0.268. The van der Waals surface area contributed by atoms with E-state index in [1.54, 1.807) is 24.3 Å². The van der Waals surface area contributed by atoms with Gasteiger partial charge in [0.15, 0.2) is 0 Å². The van der Waals surface area contributed by atoms with Gasteiger partial charge in [-0.15, -0.1) is 10.2 Å². The van der Waals surface area contributed by atoms with Crippen molar-refractivity contribution in [2.24, 2.45) is 0 Å². The second-order valence-corrected chi connectivity index (χ2v) is 5.60. The number of hydrogen-bond acceptors (Lipinski definition) is 5. The first-order valence-corrected chi connectivity index (χ1v) is 7.92. The molecule has 0 fully saturated rings. The number of benzene rings is 2. The molecule has 6 nitrogen and oxygen atoms in total. The normalized spacial score (nSPS) is 10.9. The molecule has 124 valence electrons. The van der Waals surface area contributed by atoms with Crippen molar-refractivity contribution in [3.8, 4) is 17.2 Å². The number of carbonyl (C=O) groups excluding carboxylic acids is 1. The number of hydrogen-bond donors (Lipinski definition) is 1. The number of para-hydroxylation sites is 1. The molecular formula is C19H15N3O3. The first-order valence-electron chi connectivity index (χ1n) is 7.92. The fourth-order valence-corrected chi connectivity index (χ4v) is 2.72. The third-order valence-corrected chi connectivity index (χ3v) is 3.97. The van der Waals surface area contributed by atoms with Gasteiger partial charge in [-0.2, -0.15) is 0 Å². The number of ether oxygens (including phenoxy) is 1. The Labute approximate surface area is 143 Å². The first-order chi connectivity index (χ1) is 12.3. The second kappa shape index (κ2) is 6.60. The number of aromatic nitrogens is 3. The molecule has 0 bridgehead atoms. The van der Waals surface area contributed by atoms with Crippen LogP contribution in [0, 0.1) is 0 Å². The summed E-state index contributed by atoms with van der Waals surface area (Å²) in [5.41, 5.74) is 2.96. The first kappa shape index (κ1) is 15.1. The average Bonchev–Trinajstić information content (AvgIpc) is 3.31. The van der Waals surface area contributed by atoms with Crippen LogP contribution in [0.2, 0.25) is 0 Å². The van der Waals surface area contributed by atoms with Gasteiger partial charge in [0, 0.05) is 22.7 Å². The van der Waals surface area contributed by atoms with Crippen LogP contribution >= 0.6 is 0 Å². The van der Waals surface area contributed by atoms with Crippen molar-refractivity contribution in [2.75, 3.05) is 0 Å². The zero-order valence-electron chi connectivity index (χ0n) is 13.3. The van der Waals surface area contributed by atoms with Crippen molar-refractivity contribution in [1.29, 1.82) is 0 Å². The minimum Gasteiger partial charge on any atom is -0.427 e. The van der Waals surface area contributed by atoms with Gasteiger partial charge in [-0.1, -0.05) is 18.2 Å². The van der Waals surface area contributed by atoms with Gasteiger partial charge >= 0.3 is 5.97 Å². The summed E-state index contributed by atoms with van der Waals surface area (Å²) in [6.45, 7) is 0. The zero-order valence-corrected chi connectivity index (χ0v) is 13.3. The largest absolute Gasteiger partial charge is 0.427 e.